The fourth-order valence-corrected chi connectivity index (χ4v) is 3.86. The average molecular weight is 341 g/mol. The molecular weight excluding hydrogens is 331 g/mol. The fourth-order valence-electron chi connectivity index (χ4n) is 2.43. The number of sulfone groups is 1. The highest BCUT2D eigenvalue weighted by atomic mass is 32.2. The molecule has 2 aromatic carbocycles. The maximum absolute atomic E-state index is 13.8. The van der Waals surface area contributed by atoms with E-state index in [-0.39, 0.29) is 22.9 Å². The third-order valence-corrected chi connectivity index (χ3v) is 5.32. The molecule has 0 saturated heterocycles. The van der Waals surface area contributed by atoms with Crippen molar-refractivity contribution in [3.63, 3.8) is 0 Å². The number of benzene rings is 2. The molecule has 0 atom stereocenters. The monoisotopic (exact) mass is 341 g/mol. The van der Waals surface area contributed by atoms with Crippen molar-refractivity contribution in [1.82, 2.24) is 0 Å². The van der Waals surface area contributed by atoms with E-state index in [4.69, 9.17) is 0 Å². The third-order valence-electron chi connectivity index (χ3n) is 3.59. The van der Waals surface area contributed by atoms with Gasteiger partial charge in [0.25, 0.3) is 5.91 Å². The summed E-state index contributed by atoms with van der Waals surface area (Å²) in [4.78, 5) is 13.5. The molecule has 0 spiro atoms. The van der Waals surface area contributed by atoms with E-state index >= 15 is 0 Å². The second-order valence-electron chi connectivity index (χ2n) is 4.97. The van der Waals surface area contributed by atoms with Crippen LogP contribution >= 0.6 is 0 Å². The van der Waals surface area contributed by atoms with Crippen molar-refractivity contribution in [2.45, 2.75) is 4.90 Å². The molecule has 23 heavy (non-hydrogen) atoms. The van der Waals surface area contributed by atoms with Crippen LogP contribution in [0.3, 0.4) is 0 Å². The summed E-state index contributed by atoms with van der Waals surface area (Å²) < 4.78 is 64.2. The number of nitrogens with zero attached hydrogens (tertiary/aromatic N) is 1. The van der Waals surface area contributed by atoms with Gasteiger partial charge in [-0.25, -0.2) is 21.6 Å². The molecule has 0 bridgehead atoms. The topological polar surface area (TPSA) is 54.5 Å². The number of carbonyl (C=O) groups excluding carboxylic acids is 1. The summed E-state index contributed by atoms with van der Waals surface area (Å²) in [6.45, 7) is -0.198. The van der Waals surface area contributed by atoms with E-state index in [2.05, 4.69) is 0 Å². The SMILES string of the molecule is O=C(c1ccc(F)c(F)c1F)N1CCS(=O)(=O)c2ccccc21. The van der Waals surface area contributed by atoms with Gasteiger partial charge in [0.2, 0.25) is 0 Å². The molecule has 2 aromatic rings. The molecule has 8 heteroatoms. The zero-order valence-corrected chi connectivity index (χ0v) is 12.4. The molecule has 1 amide bonds. The minimum Gasteiger partial charge on any atom is -0.306 e. The number of amides is 1. The van der Waals surface area contributed by atoms with Crippen molar-refractivity contribution in [3.8, 4) is 0 Å². The molecule has 1 aliphatic heterocycles. The van der Waals surface area contributed by atoms with Gasteiger partial charge in [-0.3, -0.25) is 4.79 Å². The van der Waals surface area contributed by atoms with Crippen LogP contribution in [0.15, 0.2) is 41.3 Å². The predicted octanol–water partition coefficient (Wildman–Crippen LogP) is 2.54. The van der Waals surface area contributed by atoms with Gasteiger partial charge >= 0.3 is 0 Å². The number of fused-ring (bicyclic) bond motifs is 1. The van der Waals surface area contributed by atoms with Crippen LogP contribution in [-0.2, 0) is 9.84 Å². The first-order valence-electron chi connectivity index (χ1n) is 6.60. The van der Waals surface area contributed by atoms with Crippen LogP contribution in [0.25, 0.3) is 0 Å². The number of halogens is 3. The van der Waals surface area contributed by atoms with E-state index in [0.29, 0.717) is 6.07 Å². The van der Waals surface area contributed by atoms with Crippen LogP contribution in [0, 0.1) is 17.5 Å². The van der Waals surface area contributed by atoms with Gasteiger partial charge in [0.1, 0.15) is 0 Å². The summed E-state index contributed by atoms with van der Waals surface area (Å²) in [6, 6.07) is 7.26. The highest BCUT2D eigenvalue weighted by molar-refractivity contribution is 7.91. The van der Waals surface area contributed by atoms with Crippen LogP contribution in [0.4, 0.5) is 18.9 Å². The Balaban J connectivity index is 2.10. The Labute approximate surface area is 130 Å². The first-order valence-corrected chi connectivity index (χ1v) is 8.25. The van der Waals surface area contributed by atoms with Crippen LogP contribution in [-0.4, -0.2) is 26.6 Å². The third kappa shape index (κ3) is 2.48. The van der Waals surface area contributed by atoms with Crippen molar-refractivity contribution >= 4 is 21.4 Å². The molecule has 3 rings (SSSR count). The highest BCUT2D eigenvalue weighted by Crippen LogP contribution is 2.31. The van der Waals surface area contributed by atoms with Gasteiger partial charge in [0, 0.05) is 6.54 Å². The number of hydrogen-bond acceptors (Lipinski definition) is 3. The summed E-state index contributed by atoms with van der Waals surface area (Å²) in [7, 11) is -3.54. The average Bonchev–Trinajstić information content (AvgIpc) is 2.52. The van der Waals surface area contributed by atoms with Crippen molar-refractivity contribution in [1.29, 1.82) is 0 Å². The maximum Gasteiger partial charge on any atom is 0.261 e. The van der Waals surface area contributed by atoms with E-state index in [1.165, 1.54) is 24.3 Å². The van der Waals surface area contributed by atoms with Gasteiger partial charge in [0.15, 0.2) is 27.3 Å². The second kappa shape index (κ2) is 5.38. The first kappa shape index (κ1) is 15.5. The van der Waals surface area contributed by atoms with E-state index < -0.39 is 38.8 Å². The normalized spacial score (nSPS) is 16.0. The van der Waals surface area contributed by atoms with Crippen LogP contribution in [0.1, 0.15) is 10.4 Å². The van der Waals surface area contributed by atoms with E-state index in [9.17, 15) is 26.4 Å². The molecule has 0 unspecified atom stereocenters. The minimum atomic E-state index is -3.54. The lowest BCUT2D eigenvalue weighted by molar-refractivity contribution is 0.0982. The second-order valence-corrected chi connectivity index (χ2v) is 7.04. The zero-order valence-electron chi connectivity index (χ0n) is 11.6. The quantitative estimate of drug-likeness (QED) is 0.749. The van der Waals surface area contributed by atoms with Crippen molar-refractivity contribution < 1.29 is 26.4 Å². The number of hydrogen-bond donors (Lipinski definition) is 0. The van der Waals surface area contributed by atoms with E-state index in [0.717, 1.165) is 11.0 Å². The maximum atomic E-state index is 13.8. The number of anilines is 1. The molecule has 0 fully saturated rings. The van der Waals surface area contributed by atoms with Gasteiger partial charge in [-0.15, -0.1) is 0 Å². The lowest BCUT2D eigenvalue weighted by Crippen LogP contribution is -2.40. The Kier molecular flexibility index (Phi) is 3.63. The van der Waals surface area contributed by atoms with Crippen molar-refractivity contribution in [2.24, 2.45) is 0 Å². The van der Waals surface area contributed by atoms with Gasteiger partial charge in [-0.1, -0.05) is 12.1 Å². The minimum absolute atomic E-state index is 0.0532. The van der Waals surface area contributed by atoms with Gasteiger partial charge in [0.05, 0.1) is 21.9 Å². The summed E-state index contributed by atoms with van der Waals surface area (Å²) in [5.41, 5.74) is -0.564. The molecule has 0 radical (unpaired) electrons. The van der Waals surface area contributed by atoms with Crippen molar-refractivity contribution in [3.05, 3.63) is 59.4 Å². The van der Waals surface area contributed by atoms with Crippen molar-refractivity contribution in [2.75, 3.05) is 17.2 Å². The number of carbonyl (C=O) groups is 1. The summed E-state index contributed by atoms with van der Waals surface area (Å²) in [6.07, 6.45) is 0. The molecule has 0 N–H and O–H groups in total. The Hall–Kier alpha value is -2.35. The fraction of sp³-hybridized carbons (Fsp3) is 0.133. The summed E-state index contributed by atoms with van der Waals surface area (Å²) in [5, 5.41) is 0. The number of rotatable bonds is 1. The highest BCUT2D eigenvalue weighted by Gasteiger charge is 2.33. The molecule has 1 heterocycles. The van der Waals surface area contributed by atoms with Crippen LogP contribution < -0.4 is 4.90 Å². The summed E-state index contributed by atoms with van der Waals surface area (Å²) in [5.74, 6) is -6.00. The lowest BCUT2D eigenvalue weighted by atomic mass is 10.1. The molecule has 0 saturated carbocycles. The molecule has 120 valence electrons. The zero-order chi connectivity index (χ0) is 16.8. The molecule has 4 nitrogen and oxygen atoms in total. The molecular formula is C15H10F3NO3S. The summed E-state index contributed by atoms with van der Waals surface area (Å²) >= 11 is 0. The van der Waals surface area contributed by atoms with Gasteiger partial charge in [-0.05, 0) is 24.3 Å². The van der Waals surface area contributed by atoms with Crippen LogP contribution in [0.2, 0.25) is 0 Å². The molecule has 0 aliphatic carbocycles. The smallest absolute Gasteiger partial charge is 0.261 e. The lowest BCUT2D eigenvalue weighted by Gasteiger charge is -2.29. The Morgan fingerprint density at radius 1 is 1.00 bits per heavy atom. The van der Waals surface area contributed by atoms with Gasteiger partial charge in [-0.2, -0.15) is 0 Å². The Bertz CT molecular complexity index is 912. The standard InChI is InChI=1S/C15H10F3NO3S/c16-10-6-5-9(13(17)14(10)18)15(20)19-7-8-23(21,22)12-4-2-1-3-11(12)19/h1-6H,7-8H2. The van der Waals surface area contributed by atoms with Gasteiger partial charge < -0.3 is 4.90 Å². The molecule has 1 aliphatic rings. The number of para-hydroxylation sites is 1. The Morgan fingerprint density at radius 2 is 1.70 bits per heavy atom. The van der Waals surface area contributed by atoms with Crippen LogP contribution in [0.5, 0.6) is 0 Å². The molecule has 0 aromatic heterocycles. The van der Waals surface area contributed by atoms with E-state index in [1.54, 1.807) is 0 Å². The predicted molar refractivity (Wildman–Crippen MR) is 76.5 cm³/mol. The van der Waals surface area contributed by atoms with E-state index in [1.807, 2.05) is 0 Å². The Morgan fingerprint density at radius 3 is 2.43 bits per heavy atom. The largest absolute Gasteiger partial charge is 0.306 e. The first-order chi connectivity index (χ1) is 10.8.